The van der Waals surface area contributed by atoms with E-state index in [2.05, 4.69) is 0 Å². The number of allylic oxidation sites excluding steroid dienone is 1. The maximum Gasteiger partial charge on any atom is 0.338 e. The van der Waals surface area contributed by atoms with Gasteiger partial charge < -0.3 is 19.3 Å². The van der Waals surface area contributed by atoms with Gasteiger partial charge in [0.2, 0.25) is 0 Å². The summed E-state index contributed by atoms with van der Waals surface area (Å²) in [4.78, 5) is 28.6. The molecule has 0 spiro atoms. The molecule has 29 heavy (non-hydrogen) atoms. The monoisotopic (exact) mass is 394 g/mol. The molecule has 0 saturated carbocycles. The van der Waals surface area contributed by atoms with Gasteiger partial charge in [-0.05, 0) is 23.6 Å². The summed E-state index contributed by atoms with van der Waals surface area (Å²) < 4.78 is 10.3. The maximum atomic E-state index is 12.9. The molecule has 1 aliphatic rings. The highest BCUT2D eigenvalue weighted by atomic mass is 16.6. The van der Waals surface area contributed by atoms with Gasteiger partial charge in [-0.1, -0.05) is 54.6 Å². The molecule has 6 heteroatoms. The van der Waals surface area contributed by atoms with Gasteiger partial charge in [0, 0.05) is 26.9 Å². The molecule has 0 saturated heterocycles. The largest absolute Gasteiger partial charge is 0.460 e. The first-order chi connectivity index (χ1) is 14.0. The molecule has 2 aromatic carbocycles. The van der Waals surface area contributed by atoms with Crippen LogP contribution in [-0.4, -0.2) is 56.2 Å². The highest BCUT2D eigenvalue weighted by molar-refractivity contribution is 5.95. The van der Waals surface area contributed by atoms with Crippen LogP contribution in [0.4, 0.5) is 4.79 Å². The molecule has 1 aliphatic heterocycles. The summed E-state index contributed by atoms with van der Waals surface area (Å²) in [7, 11) is 4.91. The van der Waals surface area contributed by atoms with Gasteiger partial charge in [0.25, 0.3) is 0 Å². The first-order valence-corrected chi connectivity index (χ1v) is 9.48. The smallest absolute Gasteiger partial charge is 0.338 e. The van der Waals surface area contributed by atoms with Crippen LogP contribution in [0.3, 0.4) is 0 Å². The normalized spacial score (nSPS) is 17.0. The second kappa shape index (κ2) is 8.92. The lowest BCUT2D eigenvalue weighted by atomic mass is 9.92. The van der Waals surface area contributed by atoms with Gasteiger partial charge in [-0.3, -0.25) is 0 Å². The van der Waals surface area contributed by atoms with Crippen LogP contribution in [0.2, 0.25) is 0 Å². The fourth-order valence-corrected chi connectivity index (χ4v) is 3.50. The minimum atomic E-state index is -0.515. The number of methoxy groups -OCH3 is 1. The second-order valence-electron chi connectivity index (χ2n) is 6.97. The zero-order chi connectivity index (χ0) is 21.0. The number of rotatable bonds is 6. The molecule has 1 atom stereocenters. The van der Waals surface area contributed by atoms with Crippen molar-refractivity contribution in [3.05, 3.63) is 71.4 Å². The predicted octanol–water partition coefficient (Wildman–Crippen LogP) is 3.86. The summed E-state index contributed by atoms with van der Waals surface area (Å²) in [5.41, 5.74) is 4.08. The van der Waals surface area contributed by atoms with Crippen LogP contribution in [0.5, 0.6) is 0 Å². The zero-order valence-corrected chi connectivity index (χ0v) is 17.2. The van der Waals surface area contributed by atoms with E-state index in [1.807, 2.05) is 54.6 Å². The SMILES string of the molecule is COCCOC(=O)C1=C(C)N(C)C(=O)N(C)[C@H]1c1ccc(-c2ccccc2)cc1. The first kappa shape index (κ1) is 20.6. The molecule has 0 radical (unpaired) electrons. The highest BCUT2D eigenvalue weighted by Gasteiger charge is 2.39. The van der Waals surface area contributed by atoms with Crippen molar-refractivity contribution in [2.75, 3.05) is 34.4 Å². The summed E-state index contributed by atoms with van der Waals surface area (Å²) in [6, 6.07) is 17.3. The summed E-state index contributed by atoms with van der Waals surface area (Å²) in [5.74, 6) is -0.442. The number of hydrogen-bond acceptors (Lipinski definition) is 4. The quantitative estimate of drug-likeness (QED) is 0.552. The maximum absolute atomic E-state index is 12.9. The molecule has 0 bridgehead atoms. The van der Waals surface area contributed by atoms with E-state index in [1.54, 1.807) is 33.0 Å². The lowest BCUT2D eigenvalue weighted by Gasteiger charge is -2.39. The average molecular weight is 394 g/mol. The van der Waals surface area contributed by atoms with Crippen molar-refractivity contribution in [2.24, 2.45) is 0 Å². The number of carbonyl (C=O) groups excluding carboxylic acids is 2. The van der Waals surface area contributed by atoms with Crippen molar-refractivity contribution in [1.29, 1.82) is 0 Å². The standard InChI is InChI=1S/C23H26N2O4/c1-16-20(22(26)29-15-14-28-4)21(25(3)23(27)24(16)2)19-12-10-18(11-13-19)17-8-6-5-7-9-17/h5-13,21H,14-15H2,1-4H3/t21-/m0/s1. The Bertz CT molecular complexity index is 906. The van der Waals surface area contributed by atoms with Crippen LogP contribution in [-0.2, 0) is 14.3 Å². The lowest BCUT2D eigenvalue weighted by molar-refractivity contribution is -0.141. The molecule has 152 valence electrons. The Hall–Kier alpha value is -3.12. The molecule has 1 heterocycles. The Morgan fingerprint density at radius 2 is 1.59 bits per heavy atom. The van der Waals surface area contributed by atoms with E-state index in [0.29, 0.717) is 17.9 Å². The molecular weight excluding hydrogens is 368 g/mol. The Balaban J connectivity index is 1.97. The van der Waals surface area contributed by atoms with Gasteiger partial charge in [0.1, 0.15) is 6.61 Å². The average Bonchev–Trinajstić information content (AvgIpc) is 2.75. The third kappa shape index (κ3) is 4.17. The van der Waals surface area contributed by atoms with Crippen molar-refractivity contribution in [2.45, 2.75) is 13.0 Å². The Kier molecular flexibility index (Phi) is 6.34. The third-order valence-electron chi connectivity index (χ3n) is 5.22. The molecule has 0 unspecified atom stereocenters. The number of benzene rings is 2. The van der Waals surface area contributed by atoms with Gasteiger partial charge in [0.15, 0.2) is 0 Å². The summed E-state index contributed by atoms with van der Waals surface area (Å²) >= 11 is 0. The van der Waals surface area contributed by atoms with Crippen LogP contribution in [0.1, 0.15) is 18.5 Å². The fraction of sp³-hybridized carbons (Fsp3) is 0.304. The van der Waals surface area contributed by atoms with Crippen LogP contribution < -0.4 is 0 Å². The third-order valence-corrected chi connectivity index (χ3v) is 5.22. The number of esters is 1. The second-order valence-corrected chi connectivity index (χ2v) is 6.97. The van der Waals surface area contributed by atoms with Crippen molar-refractivity contribution in [3.63, 3.8) is 0 Å². The first-order valence-electron chi connectivity index (χ1n) is 9.48. The van der Waals surface area contributed by atoms with E-state index in [-0.39, 0.29) is 12.6 Å². The topological polar surface area (TPSA) is 59.1 Å². The van der Waals surface area contributed by atoms with Crippen LogP contribution >= 0.6 is 0 Å². The Labute approximate surface area is 171 Å². The molecule has 0 aromatic heterocycles. The van der Waals surface area contributed by atoms with E-state index >= 15 is 0 Å². The number of carbonyl (C=O) groups is 2. The predicted molar refractivity (Wildman–Crippen MR) is 111 cm³/mol. The number of amides is 2. The molecule has 3 rings (SSSR count). The van der Waals surface area contributed by atoms with Crippen LogP contribution in [0.15, 0.2) is 65.9 Å². The van der Waals surface area contributed by atoms with E-state index in [9.17, 15) is 9.59 Å². The Morgan fingerprint density at radius 3 is 2.21 bits per heavy atom. The number of likely N-dealkylation sites (N-methyl/N-ethyl adjacent to an activating group) is 1. The van der Waals surface area contributed by atoms with Gasteiger partial charge in [-0.25, -0.2) is 9.59 Å². The number of nitrogens with zero attached hydrogens (tertiary/aromatic N) is 2. The Morgan fingerprint density at radius 1 is 0.966 bits per heavy atom. The zero-order valence-electron chi connectivity index (χ0n) is 17.2. The van der Waals surface area contributed by atoms with Gasteiger partial charge >= 0.3 is 12.0 Å². The van der Waals surface area contributed by atoms with Crippen molar-refractivity contribution in [1.82, 2.24) is 9.80 Å². The van der Waals surface area contributed by atoms with Crippen LogP contribution in [0.25, 0.3) is 11.1 Å². The summed E-state index contributed by atoms with van der Waals surface area (Å²) in [5, 5.41) is 0. The number of hydrogen-bond donors (Lipinski definition) is 0. The lowest BCUT2D eigenvalue weighted by Crippen LogP contribution is -2.47. The molecule has 0 fully saturated rings. The fourth-order valence-electron chi connectivity index (χ4n) is 3.50. The van der Waals surface area contributed by atoms with Crippen molar-refractivity contribution < 1.29 is 19.1 Å². The number of urea groups is 1. The summed E-state index contributed by atoms with van der Waals surface area (Å²) in [6.07, 6.45) is 0. The minimum absolute atomic E-state index is 0.160. The van der Waals surface area contributed by atoms with E-state index < -0.39 is 12.0 Å². The number of ether oxygens (including phenoxy) is 2. The van der Waals surface area contributed by atoms with Crippen molar-refractivity contribution in [3.8, 4) is 11.1 Å². The molecule has 2 amide bonds. The van der Waals surface area contributed by atoms with E-state index in [0.717, 1.165) is 16.7 Å². The van der Waals surface area contributed by atoms with Gasteiger partial charge in [0.05, 0.1) is 18.2 Å². The minimum Gasteiger partial charge on any atom is -0.460 e. The van der Waals surface area contributed by atoms with Crippen molar-refractivity contribution >= 4 is 12.0 Å². The highest BCUT2D eigenvalue weighted by Crippen LogP contribution is 2.36. The van der Waals surface area contributed by atoms with Gasteiger partial charge in [-0.2, -0.15) is 0 Å². The molecule has 0 aliphatic carbocycles. The molecule has 2 aromatic rings. The van der Waals surface area contributed by atoms with Crippen LogP contribution in [0, 0.1) is 0 Å². The summed E-state index contributed by atoms with van der Waals surface area (Å²) in [6.45, 7) is 2.25. The van der Waals surface area contributed by atoms with Gasteiger partial charge in [-0.15, -0.1) is 0 Å². The molecular formula is C23H26N2O4. The molecule has 6 nitrogen and oxygen atoms in total. The van der Waals surface area contributed by atoms with E-state index in [1.165, 1.54) is 4.90 Å². The van der Waals surface area contributed by atoms with E-state index in [4.69, 9.17) is 9.47 Å². The molecule has 0 N–H and O–H groups in total.